The van der Waals surface area contributed by atoms with Gasteiger partial charge in [-0.15, -0.1) is 58.8 Å². The molecule has 0 saturated carbocycles. The number of thioether (sulfide) groups is 5. The molecule has 646 valence electrons. The Bertz CT molecular complexity index is 4400. The lowest BCUT2D eigenvalue weighted by Crippen LogP contribution is -2.33. The van der Waals surface area contributed by atoms with Gasteiger partial charge in [0, 0.05) is 110 Å². The summed E-state index contributed by atoms with van der Waals surface area (Å²) in [4.78, 5) is 109. The topological polar surface area (TPSA) is 533 Å². The molecule has 118 heavy (non-hydrogen) atoms. The second kappa shape index (κ2) is 48.1. The number of aliphatic hydroxyl groups is 1. The average Bonchev–Trinajstić information content (AvgIpc) is 1.67. The lowest BCUT2D eigenvalue weighted by atomic mass is 10.0. The Morgan fingerprint density at radius 3 is 0.788 bits per heavy atom. The number of carbonyl (C=O) groups excluding carboxylic acids is 2. The van der Waals surface area contributed by atoms with E-state index in [0.717, 1.165) is 19.4 Å². The number of Topliss-reactive ketones (excluding diaryl/α,β-unsaturated/α-hetero) is 2. The van der Waals surface area contributed by atoms with Crippen LogP contribution in [0.3, 0.4) is 0 Å². The van der Waals surface area contributed by atoms with Crippen LogP contribution in [0.1, 0.15) is 111 Å². The largest absolute Gasteiger partial charge is 0.503 e. The maximum absolute atomic E-state index is 11.7. The zero-order chi connectivity index (χ0) is 86.6. The molecular formula is C76H100N10O27S5. The lowest BCUT2D eigenvalue weighted by molar-refractivity contribution is -0.143. The number of carbonyl (C=O) groups is 6. The Morgan fingerprint density at radius 1 is 0.339 bits per heavy atom. The molecule has 0 aliphatic carbocycles. The third-order valence-corrected chi connectivity index (χ3v) is 23.0. The number of hydrogen-bond acceptors (Lipinski definition) is 38. The van der Waals surface area contributed by atoms with Crippen LogP contribution in [0.15, 0.2) is 86.3 Å². The van der Waals surface area contributed by atoms with Crippen molar-refractivity contribution in [3.63, 3.8) is 0 Å². The summed E-state index contributed by atoms with van der Waals surface area (Å²) in [6.07, 6.45) is 9.34. The number of aliphatic carboxylic acids is 4. The maximum Gasteiger partial charge on any atom is 0.332 e. The first-order valence-corrected chi connectivity index (χ1v) is 41.9. The summed E-state index contributed by atoms with van der Waals surface area (Å²) < 4.78 is 58.5. The average molecular weight is 1750 g/mol. The van der Waals surface area contributed by atoms with Gasteiger partial charge >= 0.3 is 23.9 Å². The van der Waals surface area contributed by atoms with Crippen LogP contribution in [0.4, 0.5) is 0 Å². The van der Waals surface area contributed by atoms with E-state index in [-0.39, 0.29) is 143 Å². The molecule has 0 saturated heterocycles. The van der Waals surface area contributed by atoms with Gasteiger partial charge in [-0.3, -0.25) is 34.6 Å². The van der Waals surface area contributed by atoms with E-state index in [9.17, 15) is 69.6 Å². The second-order valence-corrected chi connectivity index (χ2v) is 31.3. The molecule has 0 radical (unpaired) electrons. The number of carboxylic acids is 4. The zero-order valence-corrected chi connectivity index (χ0v) is 71.0. The van der Waals surface area contributed by atoms with E-state index in [0.29, 0.717) is 114 Å². The third-order valence-electron chi connectivity index (χ3n) is 16.7. The lowest BCUT2D eigenvalue weighted by Gasteiger charge is -2.14. The summed E-state index contributed by atoms with van der Waals surface area (Å²) >= 11 is 6.48. The van der Waals surface area contributed by atoms with Crippen LogP contribution in [0.5, 0.6) is 57.5 Å². The van der Waals surface area contributed by atoms with Gasteiger partial charge in [-0.25, -0.2) is 44.1 Å². The zero-order valence-electron chi connectivity index (χ0n) is 66.9. The number of aliphatic hydroxyl groups excluding tert-OH is 1. The van der Waals surface area contributed by atoms with Crippen molar-refractivity contribution in [2.45, 2.75) is 110 Å². The van der Waals surface area contributed by atoms with Gasteiger partial charge in [0.1, 0.15) is 104 Å². The molecule has 10 heterocycles. The van der Waals surface area contributed by atoms with Crippen molar-refractivity contribution in [3.8, 4) is 57.5 Å². The molecule has 0 unspecified atom stereocenters. The van der Waals surface area contributed by atoms with Crippen LogP contribution in [0.25, 0.3) is 0 Å². The summed E-state index contributed by atoms with van der Waals surface area (Å²) in [6.45, 7) is 22.8. The minimum Gasteiger partial charge on any atom is -0.503 e. The van der Waals surface area contributed by atoms with Crippen molar-refractivity contribution < 1.29 is 132 Å². The number of hydrogen-bond donors (Lipinski definition) is 10. The summed E-state index contributed by atoms with van der Waals surface area (Å²) in [6, 6.07) is 7.63. The van der Waals surface area contributed by atoms with E-state index in [1.165, 1.54) is 143 Å². The molecule has 5 aliphatic heterocycles. The Morgan fingerprint density at radius 2 is 0.568 bits per heavy atom. The first-order chi connectivity index (χ1) is 56.2. The smallest absolute Gasteiger partial charge is 0.332 e. The van der Waals surface area contributed by atoms with E-state index in [1.807, 2.05) is 20.8 Å². The first kappa shape index (κ1) is 97.6. The number of carboxylic acid groups (broad SMARTS) is 4. The molecular weight excluding hydrogens is 1650 g/mol. The number of aromatic hydroxyl groups is 5. The van der Waals surface area contributed by atoms with Crippen molar-refractivity contribution in [1.29, 1.82) is 0 Å². The molecule has 5 atom stereocenters. The summed E-state index contributed by atoms with van der Waals surface area (Å²) in [5, 5.41) is 98.5. The molecule has 0 amide bonds. The van der Waals surface area contributed by atoms with Gasteiger partial charge in [-0.2, -0.15) is 0 Å². The van der Waals surface area contributed by atoms with Gasteiger partial charge in [0.15, 0.2) is 85.7 Å². The monoisotopic (exact) mass is 1740 g/mol. The van der Waals surface area contributed by atoms with Crippen LogP contribution < -0.4 is 23.7 Å². The SMILES string of the molecule is CC(=O)[C@@]1(C)CSC(c2nccc(OCCO)c2O)=N1.CC(=O)[C@@]1(C)CSC(c2nccc(OCCOCC(=O)O)c2O)=N1.CCCOCCOCCOc1ccnc(C2=N[C@@](C)(C(=O)O)CS2)c1O.CCCOCCOc1ccnc(C2=N[C@@](C)(C(=O)O)CS2)c1O.CCOCCOCCOc1ccnc(C2=N[C@@](C)(C(=O)O)CS2)c1O. The van der Waals surface area contributed by atoms with Crippen LogP contribution >= 0.6 is 58.8 Å². The van der Waals surface area contributed by atoms with Gasteiger partial charge in [-0.05, 0) is 68.2 Å². The highest BCUT2D eigenvalue weighted by Gasteiger charge is 2.43. The standard InChI is InChI=1S/C17H24N2O6S.C16H22N2O6S.C15H18N2O6S.C15H20N2O5S.C13H16N2O4S/c1-3-6-23-7-8-24-9-10-25-12-4-5-18-13(14(12)20)15-19-17(2,11-26-15)16(21)22;1-3-22-6-7-23-8-9-24-11-4-5-17-12(13(11)19)14-18-16(2,10-25-14)15(20)21;1-9(18)15(2)8-24-14(17-15)12-13(21)10(3-4-16-12)23-6-5-22-7-11(19)20;1-3-6-21-7-8-22-10-4-5-16-11(12(10)18)13-17-15(2,9-23-13)14(19)20;1-8(17)13(2)7-20-12(15-13)10-11(18)9(3-4-14-10)19-6-5-16/h4-5,20H,3,6-11H2,1-2H3,(H,21,22);4-5,19H,3,6-10H2,1-2H3,(H,20,21);3-4,21H,5-8H2,1-2H3,(H,19,20);4-5,18H,3,6-9H2,1-2H3,(H,19,20);3-4,16,18H,5-7H2,1-2H3/t17-;16-;2*15-;13-/m11111/s1. The molecule has 10 rings (SSSR count). The Labute approximate surface area is 702 Å². The van der Waals surface area contributed by atoms with Crippen LogP contribution in [-0.2, 0) is 57.2 Å². The first-order valence-electron chi connectivity index (χ1n) is 36.9. The molecule has 42 heteroatoms. The summed E-state index contributed by atoms with van der Waals surface area (Å²) in [7, 11) is 0. The highest BCUT2D eigenvalue weighted by Crippen LogP contribution is 2.42. The van der Waals surface area contributed by atoms with Gasteiger partial charge < -0.3 is 103 Å². The predicted molar refractivity (Wildman–Crippen MR) is 444 cm³/mol. The number of ketones is 2. The van der Waals surface area contributed by atoms with E-state index < -0.39 is 58.2 Å². The van der Waals surface area contributed by atoms with Crippen molar-refractivity contribution in [3.05, 3.63) is 89.8 Å². The van der Waals surface area contributed by atoms with Gasteiger partial charge in [0.05, 0.1) is 59.5 Å². The second-order valence-electron chi connectivity index (χ2n) is 26.5. The van der Waals surface area contributed by atoms with E-state index in [2.05, 4.69) is 49.9 Å². The van der Waals surface area contributed by atoms with Crippen molar-refractivity contribution in [2.24, 2.45) is 25.0 Å². The van der Waals surface area contributed by atoms with E-state index in [4.69, 9.17) is 62.3 Å². The van der Waals surface area contributed by atoms with Crippen molar-refractivity contribution >= 4 is 119 Å². The fourth-order valence-electron chi connectivity index (χ4n) is 9.56. The quantitative estimate of drug-likeness (QED) is 0.0169. The van der Waals surface area contributed by atoms with Crippen LogP contribution in [-0.4, -0.2) is 312 Å². The van der Waals surface area contributed by atoms with Crippen LogP contribution in [0, 0.1) is 0 Å². The molecule has 0 bridgehead atoms. The number of pyridine rings is 5. The number of nitrogens with zero attached hydrogens (tertiary/aromatic N) is 10. The number of aliphatic imine (C=N–C) groups is 5. The Hall–Kier alpha value is -9.21. The van der Waals surface area contributed by atoms with Gasteiger partial charge in [0.2, 0.25) is 0 Å². The fraction of sp³-hybridized carbons (Fsp3) is 0.526. The third kappa shape index (κ3) is 28.8. The van der Waals surface area contributed by atoms with Crippen molar-refractivity contribution in [1.82, 2.24) is 24.9 Å². The number of aromatic nitrogens is 5. The molecule has 0 fully saturated rings. The number of rotatable bonds is 42. The minimum absolute atomic E-state index is 0.0211. The molecule has 10 N–H and O–H groups in total. The molecule has 5 aliphatic rings. The van der Waals surface area contributed by atoms with Gasteiger partial charge in [-0.1, -0.05) is 13.8 Å². The molecule has 37 nitrogen and oxygen atoms in total. The summed E-state index contributed by atoms with van der Waals surface area (Å²) in [5.74, 6) is -1.76. The minimum atomic E-state index is -1.21. The predicted octanol–water partition coefficient (Wildman–Crippen LogP) is 7.54. The highest BCUT2D eigenvalue weighted by atomic mass is 32.2. The molecule has 5 aromatic rings. The van der Waals surface area contributed by atoms with Crippen LogP contribution in [0.2, 0.25) is 0 Å². The van der Waals surface area contributed by atoms with Crippen molar-refractivity contribution in [2.75, 3.05) is 148 Å². The van der Waals surface area contributed by atoms with Gasteiger partial charge in [0.25, 0.3) is 0 Å². The van der Waals surface area contributed by atoms with E-state index in [1.54, 1.807) is 26.0 Å². The summed E-state index contributed by atoms with van der Waals surface area (Å²) in [5.41, 5.74) is -3.93. The molecule has 0 aromatic carbocycles. The Kier molecular flexibility index (Phi) is 39.8. The number of ether oxygens (including phenoxy) is 11. The maximum atomic E-state index is 11.7. The fourth-order valence-corrected chi connectivity index (χ4v) is 15.5. The molecule has 5 aromatic heterocycles. The van der Waals surface area contributed by atoms with E-state index >= 15 is 0 Å². The normalized spacial score (nSPS) is 20.1. The Balaban J connectivity index is 0.000000229. The molecule has 0 spiro atoms. The highest BCUT2D eigenvalue weighted by molar-refractivity contribution is 8.16.